The van der Waals surface area contributed by atoms with Gasteiger partial charge in [-0.2, -0.15) is 0 Å². The molecule has 1 N–H and O–H groups in total. The number of anilines is 1. The molecule has 1 fully saturated rings. The van der Waals surface area contributed by atoms with Crippen LogP contribution < -0.4 is 4.90 Å². The fraction of sp³-hybridized carbons (Fsp3) is 0.381. The van der Waals surface area contributed by atoms with Crippen LogP contribution in [0.3, 0.4) is 0 Å². The summed E-state index contributed by atoms with van der Waals surface area (Å²) in [6.07, 6.45) is -0.383. The third-order valence-corrected chi connectivity index (χ3v) is 6.54. The van der Waals surface area contributed by atoms with Crippen LogP contribution >= 0.6 is 11.3 Å². The van der Waals surface area contributed by atoms with Gasteiger partial charge in [0.05, 0.1) is 17.6 Å². The van der Waals surface area contributed by atoms with Gasteiger partial charge in [-0.15, -0.1) is 0 Å². The van der Waals surface area contributed by atoms with E-state index in [0.717, 1.165) is 32.3 Å². The van der Waals surface area contributed by atoms with Gasteiger partial charge in [-0.3, -0.25) is 0 Å². The van der Waals surface area contributed by atoms with Gasteiger partial charge >= 0.3 is 6.09 Å². The number of hydrogen-bond acceptors (Lipinski definition) is 7. The minimum Gasteiger partial charge on any atom is -0.447 e. The van der Waals surface area contributed by atoms with Gasteiger partial charge in [0.15, 0.2) is 16.2 Å². The number of aromatic nitrogens is 2. The van der Waals surface area contributed by atoms with Crippen molar-refractivity contribution in [3.8, 4) is 11.3 Å². The van der Waals surface area contributed by atoms with Crippen LogP contribution in [0.15, 0.2) is 36.4 Å². The fourth-order valence-electron chi connectivity index (χ4n) is 3.37. The first-order chi connectivity index (χ1) is 14.9. The van der Waals surface area contributed by atoms with Gasteiger partial charge in [0.1, 0.15) is 10.3 Å². The van der Waals surface area contributed by atoms with E-state index in [2.05, 4.69) is 4.90 Å². The first-order valence-electron chi connectivity index (χ1n) is 10.0. The number of benzene rings is 1. The molecule has 3 aromatic rings. The maximum atomic E-state index is 12.1. The van der Waals surface area contributed by atoms with Gasteiger partial charge < -0.3 is 19.1 Å². The Morgan fingerprint density at radius 3 is 2.48 bits per heavy atom. The third-order valence-electron chi connectivity index (χ3n) is 4.93. The number of fused-ring (bicyclic) bond motifs is 1. The molecule has 3 heterocycles. The molecule has 0 spiro atoms. The lowest BCUT2D eigenvalue weighted by Crippen LogP contribution is -2.49. The van der Waals surface area contributed by atoms with Crippen LogP contribution in [0.1, 0.15) is 19.4 Å². The predicted molar refractivity (Wildman–Crippen MR) is 123 cm³/mol. The number of hydrogen-bond donors (Lipinski definition) is 1. The monoisotopic (exact) mass is 460 g/mol. The van der Waals surface area contributed by atoms with E-state index in [0.29, 0.717) is 26.2 Å². The molecule has 8 nitrogen and oxygen atoms in total. The molecule has 2 aromatic heterocycles. The Morgan fingerprint density at radius 1 is 1.13 bits per heavy atom. The van der Waals surface area contributed by atoms with Crippen LogP contribution in [-0.2, 0) is 21.6 Å². The number of ether oxygens (including phenoxy) is 1. The number of carbonyl (C=O) groups is 1. The lowest BCUT2D eigenvalue weighted by Gasteiger charge is -2.34. The van der Waals surface area contributed by atoms with Crippen molar-refractivity contribution >= 4 is 44.0 Å². The topological polar surface area (TPSA) is 95.9 Å². The molecule has 10 heteroatoms. The number of pyridine rings is 1. The van der Waals surface area contributed by atoms with Crippen molar-refractivity contribution in [2.24, 2.45) is 0 Å². The first-order valence-corrected chi connectivity index (χ1v) is 12.1. The van der Waals surface area contributed by atoms with Crippen LogP contribution in [0.2, 0.25) is 0 Å². The lowest BCUT2D eigenvalue weighted by atomic mass is 10.1. The summed E-state index contributed by atoms with van der Waals surface area (Å²) in [5.41, 5.74) is 3.43. The minimum atomic E-state index is -1.85. The van der Waals surface area contributed by atoms with Gasteiger partial charge in [-0.25, -0.2) is 19.0 Å². The highest BCUT2D eigenvalue weighted by atomic mass is 32.2. The summed E-state index contributed by atoms with van der Waals surface area (Å²) in [5, 5.41) is 0.900. The number of amides is 1. The molecule has 164 valence electrons. The van der Waals surface area contributed by atoms with E-state index in [4.69, 9.17) is 19.3 Å². The normalized spacial score (nSPS) is 15.5. The average molecular weight is 461 g/mol. The zero-order chi connectivity index (χ0) is 22.0. The van der Waals surface area contributed by atoms with E-state index in [1.807, 2.05) is 50.2 Å². The quantitative estimate of drug-likeness (QED) is 0.579. The highest BCUT2D eigenvalue weighted by Crippen LogP contribution is 2.30. The Morgan fingerprint density at radius 2 is 1.84 bits per heavy atom. The molecule has 4 rings (SSSR count). The van der Waals surface area contributed by atoms with E-state index in [1.165, 1.54) is 0 Å². The van der Waals surface area contributed by atoms with Crippen molar-refractivity contribution in [1.82, 2.24) is 14.9 Å². The van der Waals surface area contributed by atoms with E-state index < -0.39 is 11.1 Å². The van der Waals surface area contributed by atoms with Crippen molar-refractivity contribution in [3.63, 3.8) is 0 Å². The molecule has 31 heavy (non-hydrogen) atoms. The van der Waals surface area contributed by atoms with Crippen molar-refractivity contribution in [1.29, 1.82) is 0 Å². The van der Waals surface area contributed by atoms with E-state index in [9.17, 15) is 9.00 Å². The number of rotatable bonds is 5. The summed E-state index contributed by atoms with van der Waals surface area (Å²) in [7, 11) is 0. The fourth-order valence-corrected chi connectivity index (χ4v) is 4.84. The summed E-state index contributed by atoms with van der Waals surface area (Å²) >= 11 is -0.309. The Labute approximate surface area is 187 Å². The third kappa shape index (κ3) is 5.20. The molecule has 0 bridgehead atoms. The van der Waals surface area contributed by atoms with Crippen molar-refractivity contribution in [3.05, 3.63) is 42.0 Å². The van der Waals surface area contributed by atoms with Crippen LogP contribution in [0.5, 0.6) is 0 Å². The summed E-state index contributed by atoms with van der Waals surface area (Å²) < 4.78 is 25.3. The Bertz CT molecular complexity index is 1090. The summed E-state index contributed by atoms with van der Waals surface area (Å²) in [6, 6.07) is 11.4. The van der Waals surface area contributed by atoms with Gasteiger partial charge in [0, 0.05) is 31.7 Å². The minimum absolute atomic E-state index is 0.118. The molecular formula is C21H24N4O4S2. The number of nitrogens with zero attached hydrogens (tertiary/aromatic N) is 4. The second-order valence-electron chi connectivity index (χ2n) is 7.59. The summed E-state index contributed by atoms with van der Waals surface area (Å²) in [5.74, 6) is 0.118. The first kappa shape index (κ1) is 21.7. The van der Waals surface area contributed by atoms with Gasteiger partial charge in [-0.1, -0.05) is 35.6 Å². The molecular weight excluding hydrogens is 436 g/mol. The molecule has 1 amide bonds. The maximum absolute atomic E-state index is 12.1. The molecule has 1 saturated heterocycles. The zero-order valence-electron chi connectivity index (χ0n) is 17.4. The van der Waals surface area contributed by atoms with E-state index >= 15 is 0 Å². The van der Waals surface area contributed by atoms with Crippen LogP contribution in [0.4, 0.5) is 9.93 Å². The van der Waals surface area contributed by atoms with E-state index in [1.54, 1.807) is 16.2 Å². The summed E-state index contributed by atoms with van der Waals surface area (Å²) in [4.78, 5) is 26.3. The largest absolute Gasteiger partial charge is 0.447 e. The maximum Gasteiger partial charge on any atom is 0.410 e. The van der Waals surface area contributed by atoms with Crippen LogP contribution in [0.25, 0.3) is 21.6 Å². The van der Waals surface area contributed by atoms with Crippen LogP contribution in [-0.4, -0.2) is 62.0 Å². The van der Waals surface area contributed by atoms with Crippen molar-refractivity contribution < 1.29 is 18.3 Å². The van der Waals surface area contributed by atoms with Crippen LogP contribution in [0, 0.1) is 0 Å². The Hall–Kier alpha value is -2.56. The molecule has 1 unspecified atom stereocenters. The summed E-state index contributed by atoms with van der Waals surface area (Å²) in [6.45, 7) is 6.31. The molecule has 0 aliphatic carbocycles. The van der Waals surface area contributed by atoms with Gasteiger partial charge in [-0.05, 0) is 31.5 Å². The van der Waals surface area contributed by atoms with Gasteiger partial charge in [0.25, 0.3) is 0 Å². The number of thiazole rings is 1. The van der Waals surface area contributed by atoms with Gasteiger partial charge in [0.2, 0.25) is 0 Å². The Kier molecular flexibility index (Phi) is 6.49. The Balaban J connectivity index is 1.46. The standard InChI is InChI=1S/C21H24N4O4S2/c1-14(2)29-21(26)25-11-9-24(10-12-25)20-23-18-8-7-17(22-19(18)30-20)16-5-3-15(4-6-16)13-31(27)28/h3-8,14H,9-13H2,1-2H3,(H,27,28). The lowest BCUT2D eigenvalue weighted by molar-refractivity contribution is 0.0751. The number of carbonyl (C=O) groups excluding carboxylic acids is 1. The average Bonchev–Trinajstić information content (AvgIpc) is 3.17. The van der Waals surface area contributed by atoms with Crippen molar-refractivity contribution in [2.75, 3.05) is 31.1 Å². The molecule has 1 aromatic carbocycles. The number of piperazine rings is 1. The predicted octanol–water partition coefficient (Wildman–Crippen LogP) is 3.75. The second kappa shape index (κ2) is 9.29. The molecule has 1 aliphatic rings. The molecule has 0 saturated carbocycles. The molecule has 1 atom stereocenters. The highest BCUT2D eigenvalue weighted by Gasteiger charge is 2.24. The highest BCUT2D eigenvalue weighted by molar-refractivity contribution is 7.78. The SMILES string of the molecule is CC(C)OC(=O)N1CCN(c2nc3ccc(-c4ccc(CS(=O)O)cc4)nc3s2)CC1. The molecule has 1 aliphatic heterocycles. The van der Waals surface area contributed by atoms with E-state index in [-0.39, 0.29) is 18.0 Å². The van der Waals surface area contributed by atoms with Crippen molar-refractivity contribution in [2.45, 2.75) is 25.7 Å². The zero-order valence-corrected chi connectivity index (χ0v) is 19.0. The second-order valence-corrected chi connectivity index (χ2v) is 9.47. The molecule has 0 radical (unpaired) electrons. The smallest absolute Gasteiger partial charge is 0.410 e.